The number of amides is 3. The van der Waals surface area contributed by atoms with Gasteiger partial charge in [0, 0.05) is 5.56 Å². The zero-order chi connectivity index (χ0) is 25.8. The summed E-state index contributed by atoms with van der Waals surface area (Å²) in [5, 5.41) is 17.1. The van der Waals surface area contributed by atoms with Crippen molar-refractivity contribution in [3.8, 4) is 11.3 Å². The van der Waals surface area contributed by atoms with Crippen LogP contribution in [-0.4, -0.2) is 35.6 Å². The van der Waals surface area contributed by atoms with Crippen LogP contribution in [0.1, 0.15) is 36.8 Å². The van der Waals surface area contributed by atoms with Crippen LogP contribution in [0.2, 0.25) is 0 Å². The second-order valence-electron chi connectivity index (χ2n) is 7.70. The number of hydrogen-bond donors (Lipinski definition) is 1. The van der Waals surface area contributed by atoms with Crippen molar-refractivity contribution in [3.05, 3.63) is 82.6 Å². The zero-order valence-electron chi connectivity index (χ0n) is 17.8. The Bertz CT molecular complexity index is 1550. The van der Waals surface area contributed by atoms with Crippen molar-refractivity contribution in [1.29, 1.82) is 0 Å². The van der Waals surface area contributed by atoms with Crippen molar-refractivity contribution >= 4 is 41.2 Å². The number of imide groups is 1. The second-order valence-corrected chi connectivity index (χ2v) is 7.70. The first-order valence-electron chi connectivity index (χ1n) is 10.2. The van der Waals surface area contributed by atoms with Crippen molar-refractivity contribution in [3.63, 3.8) is 0 Å². The molecule has 0 unspecified atom stereocenters. The smallest absolute Gasteiger partial charge is 0.435 e. The van der Waals surface area contributed by atoms with E-state index in [0.29, 0.717) is 10.6 Å². The number of aromatic carboxylic acids is 1. The molecule has 0 bridgehead atoms. The molecule has 0 atom stereocenters. The zero-order valence-corrected chi connectivity index (χ0v) is 17.8. The second kappa shape index (κ2) is 8.05. The van der Waals surface area contributed by atoms with Gasteiger partial charge in [-0.05, 0) is 48.0 Å². The third kappa shape index (κ3) is 3.83. The molecule has 0 aliphatic carbocycles. The van der Waals surface area contributed by atoms with Crippen LogP contribution in [0, 0.1) is 0 Å². The number of nitrogens with one attached hydrogen (secondary N) is 1. The Hall–Kier alpha value is -5.00. The van der Waals surface area contributed by atoms with Crippen LogP contribution in [-0.2, 0) is 4.79 Å². The molecule has 3 heterocycles. The van der Waals surface area contributed by atoms with E-state index in [1.165, 1.54) is 42.5 Å². The average molecular weight is 494 g/mol. The lowest BCUT2D eigenvalue weighted by atomic mass is 10.0. The van der Waals surface area contributed by atoms with Gasteiger partial charge in [-0.25, -0.2) is 0 Å². The van der Waals surface area contributed by atoms with Gasteiger partial charge in [-0.3, -0.25) is 19.7 Å². The number of hydrazone groups is 1. The number of anilines is 1. The summed E-state index contributed by atoms with van der Waals surface area (Å²) in [6.07, 6.45) is -4.14. The molecule has 3 aromatic rings. The fourth-order valence-electron chi connectivity index (χ4n) is 3.74. The van der Waals surface area contributed by atoms with Gasteiger partial charge in [0.1, 0.15) is 11.5 Å². The maximum absolute atomic E-state index is 13.7. The number of carbonyl (C=O) groups excluding carboxylic acids is 4. The quantitative estimate of drug-likeness (QED) is 0.438. The molecule has 3 amide bonds. The highest BCUT2D eigenvalue weighted by molar-refractivity contribution is 6.34. The summed E-state index contributed by atoms with van der Waals surface area (Å²) >= 11 is 0. The largest absolute Gasteiger partial charge is 0.545 e. The van der Waals surface area contributed by atoms with Crippen LogP contribution in [0.4, 0.5) is 18.9 Å². The third-order valence-electron chi connectivity index (χ3n) is 5.41. The Balaban J connectivity index is 1.50. The first-order valence-corrected chi connectivity index (χ1v) is 10.2. The number of hydrogen-bond acceptors (Lipinski definition) is 7. The topological polar surface area (TPSA) is 132 Å². The fraction of sp³-hybridized carbons (Fsp3) is 0.0417. The van der Waals surface area contributed by atoms with E-state index in [1.807, 2.05) is 0 Å². The van der Waals surface area contributed by atoms with Crippen molar-refractivity contribution in [2.45, 2.75) is 6.18 Å². The Labute approximate surface area is 199 Å². The van der Waals surface area contributed by atoms with E-state index in [4.69, 9.17) is 4.42 Å². The van der Waals surface area contributed by atoms with Crippen LogP contribution in [0.15, 0.2) is 69.7 Å². The molecule has 0 radical (unpaired) electrons. The van der Waals surface area contributed by atoms with Crippen molar-refractivity contribution in [1.82, 2.24) is 5.32 Å². The molecule has 9 nitrogen and oxygen atoms in total. The average Bonchev–Trinajstić information content (AvgIpc) is 3.51. The highest BCUT2D eigenvalue weighted by atomic mass is 19.4. The number of carboxylic acids is 1. The molecule has 5 rings (SSSR count). The molecule has 0 saturated carbocycles. The number of rotatable bonds is 4. The molecule has 2 aliphatic rings. The predicted molar refractivity (Wildman–Crippen MR) is 116 cm³/mol. The summed E-state index contributed by atoms with van der Waals surface area (Å²) in [5.74, 6) is -3.79. The highest BCUT2D eigenvalue weighted by Crippen LogP contribution is 2.34. The van der Waals surface area contributed by atoms with E-state index in [1.54, 1.807) is 0 Å². The van der Waals surface area contributed by atoms with Gasteiger partial charge >= 0.3 is 6.18 Å². The molecule has 0 spiro atoms. The van der Waals surface area contributed by atoms with Gasteiger partial charge in [-0.15, -0.1) is 0 Å². The molecule has 2 aromatic carbocycles. The van der Waals surface area contributed by atoms with Crippen LogP contribution >= 0.6 is 0 Å². The summed E-state index contributed by atoms with van der Waals surface area (Å²) < 4.78 is 46.7. The monoisotopic (exact) mass is 494 g/mol. The summed E-state index contributed by atoms with van der Waals surface area (Å²) in [4.78, 5) is 47.6. The number of nitrogens with zero attached hydrogens (tertiary/aromatic N) is 2. The maximum atomic E-state index is 13.7. The lowest BCUT2D eigenvalue weighted by Gasteiger charge is -2.13. The standard InChI is InChI=1S/C24H12F3N3O6/c25-24(26,27)19-17(22(33)30(29-19)13-3-1-2-12(8-13)23(34)35)10-14-5-7-18(36-14)11-4-6-15-16(9-11)21(32)28-20(15)31/h1-10H,(H,34,35)(H,28,31,32)/p-1. The summed E-state index contributed by atoms with van der Waals surface area (Å²) in [6, 6.07) is 11.7. The first kappa shape index (κ1) is 22.8. The minimum atomic E-state index is -5.00. The van der Waals surface area contributed by atoms with E-state index in [9.17, 15) is 37.5 Å². The Morgan fingerprint density at radius 3 is 2.47 bits per heavy atom. The van der Waals surface area contributed by atoms with E-state index in [0.717, 1.165) is 18.2 Å². The number of alkyl halides is 3. The molecule has 180 valence electrons. The summed E-state index contributed by atoms with van der Waals surface area (Å²) in [5.41, 5.74) is -2.16. The Morgan fingerprint density at radius 2 is 1.75 bits per heavy atom. The maximum Gasteiger partial charge on any atom is 0.435 e. The van der Waals surface area contributed by atoms with Crippen LogP contribution in [0.25, 0.3) is 17.4 Å². The van der Waals surface area contributed by atoms with Gasteiger partial charge in [-0.2, -0.15) is 23.3 Å². The molecule has 2 aliphatic heterocycles. The lowest BCUT2D eigenvalue weighted by Crippen LogP contribution is -2.26. The molecular weight excluding hydrogens is 483 g/mol. The third-order valence-corrected chi connectivity index (χ3v) is 5.41. The summed E-state index contributed by atoms with van der Waals surface area (Å²) in [7, 11) is 0. The van der Waals surface area contributed by atoms with Crippen molar-refractivity contribution in [2.24, 2.45) is 5.10 Å². The molecular formula is C24H11F3N3O6-. The molecule has 12 heteroatoms. The van der Waals surface area contributed by atoms with Gasteiger partial charge in [0.25, 0.3) is 17.7 Å². The number of fused-ring (bicyclic) bond motifs is 1. The summed E-state index contributed by atoms with van der Waals surface area (Å²) in [6.45, 7) is 0. The highest BCUT2D eigenvalue weighted by Gasteiger charge is 2.47. The molecule has 36 heavy (non-hydrogen) atoms. The Morgan fingerprint density at radius 1 is 1.00 bits per heavy atom. The molecule has 0 saturated heterocycles. The minimum absolute atomic E-state index is 0.114. The Kier molecular flexibility index (Phi) is 5.09. The predicted octanol–water partition coefficient (Wildman–Crippen LogP) is 2.54. The van der Waals surface area contributed by atoms with Crippen molar-refractivity contribution in [2.75, 3.05) is 5.01 Å². The van der Waals surface area contributed by atoms with Gasteiger partial charge < -0.3 is 14.3 Å². The first-order chi connectivity index (χ1) is 17.0. The van der Waals surface area contributed by atoms with E-state index in [-0.39, 0.29) is 33.9 Å². The van der Waals surface area contributed by atoms with E-state index < -0.39 is 41.2 Å². The van der Waals surface area contributed by atoms with Gasteiger partial charge in [-0.1, -0.05) is 18.2 Å². The van der Waals surface area contributed by atoms with Crippen LogP contribution < -0.4 is 15.4 Å². The fourth-order valence-corrected chi connectivity index (χ4v) is 3.74. The SMILES string of the molecule is O=C([O-])c1cccc(N2N=C(C(F)(F)F)C(=Cc3ccc(-c4ccc5c(c4)C(=O)NC5=O)o3)C2=O)c1. The number of furan rings is 1. The normalized spacial score (nSPS) is 16.4. The molecule has 1 aromatic heterocycles. The van der Waals surface area contributed by atoms with E-state index in [2.05, 4.69) is 10.4 Å². The van der Waals surface area contributed by atoms with Crippen LogP contribution in [0.5, 0.6) is 0 Å². The number of carboxylic acid groups (broad SMARTS) is 1. The number of benzene rings is 2. The van der Waals surface area contributed by atoms with Gasteiger partial charge in [0.2, 0.25) is 0 Å². The number of carbonyl (C=O) groups is 4. The van der Waals surface area contributed by atoms with Gasteiger partial charge in [0.05, 0.1) is 28.4 Å². The molecule has 1 N–H and O–H groups in total. The van der Waals surface area contributed by atoms with Crippen LogP contribution in [0.3, 0.4) is 0 Å². The molecule has 0 fully saturated rings. The lowest BCUT2D eigenvalue weighted by molar-refractivity contribution is -0.255. The van der Waals surface area contributed by atoms with E-state index >= 15 is 0 Å². The van der Waals surface area contributed by atoms with Gasteiger partial charge in [0.15, 0.2) is 5.71 Å². The number of halogens is 3. The van der Waals surface area contributed by atoms with Crippen molar-refractivity contribution < 1.29 is 41.9 Å². The minimum Gasteiger partial charge on any atom is -0.545 e.